The van der Waals surface area contributed by atoms with Gasteiger partial charge in [-0.25, -0.2) is 13.2 Å². The average Bonchev–Trinajstić information content (AvgIpc) is 3.56. The summed E-state index contributed by atoms with van der Waals surface area (Å²) in [6.45, 7) is -0.0368. The van der Waals surface area contributed by atoms with E-state index in [1.807, 2.05) is 48.5 Å². The Bertz CT molecular complexity index is 1210. The van der Waals surface area contributed by atoms with Crippen LogP contribution in [0.15, 0.2) is 48.5 Å². The van der Waals surface area contributed by atoms with E-state index in [4.69, 9.17) is 9.84 Å². The molecule has 2 aromatic carbocycles. The van der Waals surface area contributed by atoms with E-state index in [-0.39, 0.29) is 31.9 Å². The van der Waals surface area contributed by atoms with E-state index in [0.717, 1.165) is 28.5 Å². The van der Waals surface area contributed by atoms with Crippen molar-refractivity contribution in [2.75, 3.05) is 19.4 Å². The van der Waals surface area contributed by atoms with Gasteiger partial charge in [0, 0.05) is 25.1 Å². The van der Waals surface area contributed by atoms with Crippen LogP contribution in [0.5, 0.6) is 0 Å². The van der Waals surface area contributed by atoms with Gasteiger partial charge in [0.05, 0.1) is 4.75 Å². The topological polar surface area (TPSA) is 139 Å². The third-order valence-electron chi connectivity index (χ3n) is 6.78. The first-order valence-electron chi connectivity index (χ1n) is 11.4. The minimum Gasteiger partial charge on any atom is -0.481 e. The minimum absolute atomic E-state index is 0.0460. The number of carbonyl (C=O) groups excluding carboxylic acids is 2. The van der Waals surface area contributed by atoms with Gasteiger partial charge in [-0.3, -0.25) is 9.59 Å². The van der Waals surface area contributed by atoms with Crippen molar-refractivity contribution in [3.63, 3.8) is 0 Å². The fraction of sp³-hybridized carbons (Fsp3) is 0.400. The molecule has 0 aromatic heterocycles. The number of carboxylic acids is 1. The number of hydrogen-bond donors (Lipinski definition) is 3. The Morgan fingerprint density at radius 1 is 1.06 bits per heavy atom. The van der Waals surface area contributed by atoms with Crippen molar-refractivity contribution < 1.29 is 32.6 Å². The van der Waals surface area contributed by atoms with E-state index in [1.54, 1.807) is 0 Å². The van der Waals surface area contributed by atoms with Crippen molar-refractivity contribution in [2.24, 2.45) is 0 Å². The lowest BCUT2D eigenvalue weighted by molar-refractivity contribution is -0.137. The first-order chi connectivity index (χ1) is 16.6. The molecule has 186 valence electrons. The molecule has 3 N–H and O–H groups in total. The summed E-state index contributed by atoms with van der Waals surface area (Å²) in [5.74, 6) is -1.93. The fourth-order valence-electron chi connectivity index (χ4n) is 4.51. The van der Waals surface area contributed by atoms with Gasteiger partial charge in [-0.2, -0.15) is 0 Å². The molecule has 0 aliphatic heterocycles. The molecule has 0 radical (unpaired) electrons. The Kier molecular flexibility index (Phi) is 6.84. The Morgan fingerprint density at radius 3 is 2.14 bits per heavy atom. The highest BCUT2D eigenvalue weighted by molar-refractivity contribution is 7.92. The van der Waals surface area contributed by atoms with E-state index in [1.165, 1.54) is 0 Å². The summed E-state index contributed by atoms with van der Waals surface area (Å²) in [5, 5.41) is 14.0. The maximum atomic E-state index is 12.7. The van der Waals surface area contributed by atoms with Crippen LogP contribution in [0, 0.1) is 0 Å². The van der Waals surface area contributed by atoms with Crippen molar-refractivity contribution in [3.8, 4) is 11.1 Å². The summed E-state index contributed by atoms with van der Waals surface area (Å²) in [4.78, 5) is 36.4. The smallest absolute Gasteiger partial charge is 0.407 e. The maximum absolute atomic E-state index is 12.7. The molecular weight excluding hydrogens is 472 g/mol. The lowest BCUT2D eigenvalue weighted by Crippen LogP contribution is -2.50. The molecule has 0 heterocycles. The van der Waals surface area contributed by atoms with Gasteiger partial charge in [0.2, 0.25) is 5.91 Å². The normalized spacial score (nSPS) is 16.5. The predicted octanol–water partition coefficient (Wildman–Crippen LogP) is 2.45. The quantitative estimate of drug-likeness (QED) is 0.455. The van der Waals surface area contributed by atoms with Crippen molar-refractivity contribution >= 4 is 27.8 Å². The molecule has 2 aliphatic rings. The van der Waals surface area contributed by atoms with Gasteiger partial charge in [-0.05, 0) is 41.5 Å². The van der Waals surface area contributed by atoms with Crippen LogP contribution >= 0.6 is 0 Å². The van der Waals surface area contributed by atoms with E-state index in [2.05, 4.69) is 10.6 Å². The number of alkyl carbamates (subject to hydrolysis) is 1. The van der Waals surface area contributed by atoms with Gasteiger partial charge in [0.1, 0.15) is 12.6 Å². The van der Waals surface area contributed by atoms with Crippen molar-refractivity contribution in [1.82, 2.24) is 10.6 Å². The highest BCUT2D eigenvalue weighted by Crippen LogP contribution is 2.44. The number of amides is 2. The SMILES string of the molecule is CS(=O)(=O)C1(CNC(=O)C(CCC(=O)O)NC(=O)OCC2c3ccccc3-c3ccccc32)CC1. The summed E-state index contributed by atoms with van der Waals surface area (Å²) < 4.78 is 28.4. The average molecular weight is 501 g/mol. The zero-order chi connectivity index (χ0) is 25.2. The second kappa shape index (κ2) is 9.69. The molecular formula is C25H28N2O7S. The van der Waals surface area contributed by atoms with Crippen molar-refractivity contribution in [3.05, 3.63) is 59.7 Å². The van der Waals surface area contributed by atoms with Crippen LogP contribution in [0.25, 0.3) is 11.1 Å². The van der Waals surface area contributed by atoms with Crippen LogP contribution in [-0.2, 0) is 24.2 Å². The summed E-state index contributed by atoms with van der Waals surface area (Å²) in [5.41, 5.74) is 4.24. The highest BCUT2D eigenvalue weighted by atomic mass is 32.2. The molecule has 0 bridgehead atoms. The van der Waals surface area contributed by atoms with Crippen LogP contribution < -0.4 is 10.6 Å². The summed E-state index contributed by atoms with van der Waals surface area (Å²) in [7, 11) is -3.35. The molecule has 1 fully saturated rings. The Hall–Kier alpha value is -3.40. The molecule has 4 rings (SSSR count). The largest absolute Gasteiger partial charge is 0.481 e. The molecule has 2 aliphatic carbocycles. The number of nitrogens with one attached hydrogen (secondary N) is 2. The summed E-state index contributed by atoms with van der Waals surface area (Å²) in [6.07, 6.45) is 0.679. The van der Waals surface area contributed by atoms with E-state index in [0.29, 0.717) is 12.8 Å². The van der Waals surface area contributed by atoms with E-state index >= 15 is 0 Å². The number of aliphatic carboxylic acids is 1. The second-order valence-corrected chi connectivity index (χ2v) is 11.5. The zero-order valence-corrected chi connectivity index (χ0v) is 20.1. The van der Waals surface area contributed by atoms with Crippen LogP contribution in [0.3, 0.4) is 0 Å². The van der Waals surface area contributed by atoms with Gasteiger partial charge >= 0.3 is 12.1 Å². The molecule has 2 aromatic rings. The van der Waals surface area contributed by atoms with Crippen molar-refractivity contribution in [2.45, 2.75) is 42.4 Å². The van der Waals surface area contributed by atoms with Gasteiger partial charge in [0.25, 0.3) is 0 Å². The van der Waals surface area contributed by atoms with Crippen LogP contribution in [0.1, 0.15) is 42.7 Å². The van der Waals surface area contributed by atoms with Crippen LogP contribution in [-0.4, -0.2) is 61.7 Å². The molecule has 0 saturated heterocycles. The predicted molar refractivity (Wildman–Crippen MR) is 129 cm³/mol. The molecule has 10 heteroatoms. The van der Waals surface area contributed by atoms with E-state index < -0.39 is 38.6 Å². The number of rotatable bonds is 10. The van der Waals surface area contributed by atoms with Crippen LogP contribution in [0.2, 0.25) is 0 Å². The van der Waals surface area contributed by atoms with Gasteiger partial charge < -0.3 is 20.5 Å². The number of sulfone groups is 1. The first kappa shape index (κ1) is 24.7. The minimum atomic E-state index is -3.35. The first-order valence-corrected chi connectivity index (χ1v) is 13.3. The monoisotopic (exact) mass is 500 g/mol. The van der Waals surface area contributed by atoms with Gasteiger partial charge in [0.15, 0.2) is 9.84 Å². The molecule has 0 spiro atoms. The number of benzene rings is 2. The molecule has 35 heavy (non-hydrogen) atoms. The third kappa shape index (κ3) is 5.32. The molecule has 9 nitrogen and oxygen atoms in total. The van der Waals surface area contributed by atoms with Gasteiger partial charge in [-0.15, -0.1) is 0 Å². The van der Waals surface area contributed by atoms with Crippen molar-refractivity contribution in [1.29, 1.82) is 0 Å². The maximum Gasteiger partial charge on any atom is 0.407 e. The molecule has 1 unspecified atom stereocenters. The Morgan fingerprint density at radius 2 is 1.63 bits per heavy atom. The Labute approximate surface area is 203 Å². The molecule has 2 amide bonds. The Balaban J connectivity index is 1.39. The van der Waals surface area contributed by atoms with Gasteiger partial charge in [-0.1, -0.05) is 48.5 Å². The fourth-order valence-corrected chi connectivity index (χ4v) is 5.69. The number of hydrogen-bond acceptors (Lipinski definition) is 6. The summed E-state index contributed by atoms with van der Waals surface area (Å²) in [6, 6.07) is 14.6. The molecule has 1 saturated carbocycles. The molecule has 1 atom stereocenters. The number of ether oxygens (including phenoxy) is 1. The number of carboxylic acid groups (broad SMARTS) is 1. The van der Waals surface area contributed by atoms with E-state index in [9.17, 15) is 22.8 Å². The lowest BCUT2D eigenvalue weighted by Gasteiger charge is -2.21. The zero-order valence-electron chi connectivity index (χ0n) is 19.3. The highest BCUT2D eigenvalue weighted by Gasteiger charge is 2.52. The number of fused-ring (bicyclic) bond motifs is 3. The lowest BCUT2D eigenvalue weighted by atomic mass is 9.98. The van der Waals surface area contributed by atoms with Crippen LogP contribution in [0.4, 0.5) is 4.79 Å². The second-order valence-electron chi connectivity index (χ2n) is 9.13. The third-order valence-corrected chi connectivity index (χ3v) is 8.90. The standard InChI is InChI=1S/C25H28N2O7S/c1-35(32,33)25(12-13-25)15-26-23(30)21(10-11-22(28)29)27-24(31)34-14-20-18-8-4-2-6-16(18)17-7-3-5-9-19(17)20/h2-9,20-21H,10-15H2,1H3,(H,26,30)(H,27,31)(H,28,29). The number of carbonyl (C=O) groups is 3. The summed E-state index contributed by atoms with van der Waals surface area (Å²) >= 11 is 0.